The number of anilines is 1. The van der Waals surface area contributed by atoms with Crippen molar-refractivity contribution in [1.29, 1.82) is 0 Å². The maximum atomic E-state index is 12.5. The van der Waals surface area contributed by atoms with Crippen molar-refractivity contribution in [3.8, 4) is 17.2 Å². The number of thioether (sulfide) groups is 2. The highest BCUT2D eigenvalue weighted by Crippen LogP contribution is 2.38. The lowest BCUT2D eigenvalue weighted by Gasteiger charge is -2.13. The molecule has 30 heavy (non-hydrogen) atoms. The van der Waals surface area contributed by atoms with Crippen LogP contribution in [0.4, 0.5) is 5.69 Å². The standard InChI is InChI=1S/C22H23N3O3S2/c1-27-16-12-10-15(11-13-16)21-24-25-22(28-21)29-14-20(26)23-18-8-4-5-9-19(18)30-17-6-2-3-7-17/h4-5,8-13,17H,2-3,6-7,14H2,1H3,(H,23,26). The zero-order valence-electron chi connectivity index (χ0n) is 16.7. The molecule has 1 fully saturated rings. The molecule has 1 aliphatic carbocycles. The number of nitrogens with one attached hydrogen (secondary N) is 1. The highest BCUT2D eigenvalue weighted by Gasteiger charge is 2.18. The molecule has 0 radical (unpaired) electrons. The second kappa shape index (κ2) is 10.0. The largest absolute Gasteiger partial charge is 0.497 e. The van der Waals surface area contributed by atoms with E-state index in [1.807, 2.05) is 54.2 Å². The summed E-state index contributed by atoms with van der Waals surface area (Å²) in [5.74, 6) is 1.28. The summed E-state index contributed by atoms with van der Waals surface area (Å²) >= 11 is 3.09. The summed E-state index contributed by atoms with van der Waals surface area (Å²) in [6.07, 6.45) is 5.09. The lowest BCUT2D eigenvalue weighted by atomic mass is 10.2. The number of hydrogen-bond donors (Lipinski definition) is 1. The fraction of sp³-hybridized carbons (Fsp3) is 0.318. The molecule has 0 aliphatic heterocycles. The van der Waals surface area contributed by atoms with Crippen molar-refractivity contribution in [2.45, 2.75) is 41.1 Å². The van der Waals surface area contributed by atoms with Gasteiger partial charge >= 0.3 is 0 Å². The highest BCUT2D eigenvalue weighted by molar-refractivity contribution is 8.00. The molecule has 156 valence electrons. The first-order valence-corrected chi connectivity index (χ1v) is 11.7. The number of carbonyl (C=O) groups excluding carboxylic acids is 1. The van der Waals surface area contributed by atoms with Crippen LogP contribution in [0.1, 0.15) is 25.7 Å². The number of nitrogens with zero attached hydrogens (tertiary/aromatic N) is 2. The van der Waals surface area contributed by atoms with Gasteiger partial charge in [0.2, 0.25) is 11.8 Å². The van der Waals surface area contributed by atoms with E-state index in [1.165, 1.54) is 37.4 Å². The van der Waals surface area contributed by atoms with Gasteiger partial charge in [0.05, 0.1) is 18.6 Å². The molecular formula is C22H23N3O3S2. The topological polar surface area (TPSA) is 77.2 Å². The van der Waals surface area contributed by atoms with Crippen LogP contribution < -0.4 is 10.1 Å². The molecule has 1 heterocycles. The van der Waals surface area contributed by atoms with Crippen molar-refractivity contribution >= 4 is 35.1 Å². The van der Waals surface area contributed by atoms with Gasteiger partial charge in [0.15, 0.2) is 0 Å². The second-order valence-corrected chi connectivity index (χ2v) is 9.23. The Morgan fingerprint density at radius 2 is 1.90 bits per heavy atom. The van der Waals surface area contributed by atoms with Crippen molar-refractivity contribution in [2.24, 2.45) is 0 Å². The number of aromatic nitrogens is 2. The number of carbonyl (C=O) groups is 1. The molecule has 1 N–H and O–H groups in total. The monoisotopic (exact) mass is 441 g/mol. The lowest BCUT2D eigenvalue weighted by molar-refractivity contribution is -0.113. The van der Waals surface area contributed by atoms with Gasteiger partial charge in [-0.1, -0.05) is 36.7 Å². The van der Waals surface area contributed by atoms with Gasteiger partial charge in [-0.25, -0.2) is 0 Å². The van der Waals surface area contributed by atoms with Crippen LogP contribution in [0.15, 0.2) is 63.1 Å². The van der Waals surface area contributed by atoms with E-state index in [0.29, 0.717) is 16.4 Å². The van der Waals surface area contributed by atoms with Gasteiger partial charge in [0.25, 0.3) is 5.22 Å². The average molecular weight is 442 g/mol. The van der Waals surface area contributed by atoms with Gasteiger partial charge in [-0.3, -0.25) is 4.79 Å². The number of methoxy groups -OCH3 is 1. The summed E-state index contributed by atoms with van der Waals surface area (Å²) in [4.78, 5) is 13.6. The molecular weight excluding hydrogens is 418 g/mol. The number of ether oxygens (including phenoxy) is 1. The summed E-state index contributed by atoms with van der Waals surface area (Å²) in [6.45, 7) is 0. The number of amides is 1. The maximum absolute atomic E-state index is 12.5. The van der Waals surface area contributed by atoms with Crippen molar-refractivity contribution < 1.29 is 13.9 Å². The Morgan fingerprint density at radius 1 is 1.13 bits per heavy atom. The molecule has 1 aliphatic rings. The first kappa shape index (κ1) is 20.8. The van der Waals surface area contributed by atoms with Crippen LogP contribution in [0.3, 0.4) is 0 Å². The molecule has 2 aromatic carbocycles. The predicted octanol–water partition coefficient (Wildman–Crippen LogP) is 5.51. The number of benzene rings is 2. The molecule has 1 aromatic heterocycles. The van der Waals surface area contributed by atoms with Crippen LogP contribution in [0.2, 0.25) is 0 Å². The summed E-state index contributed by atoms with van der Waals surface area (Å²) in [6, 6.07) is 15.4. The molecule has 3 aromatic rings. The summed E-state index contributed by atoms with van der Waals surface area (Å²) < 4.78 is 10.8. The predicted molar refractivity (Wildman–Crippen MR) is 120 cm³/mol. The first-order valence-electron chi connectivity index (χ1n) is 9.87. The smallest absolute Gasteiger partial charge is 0.277 e. The van der Waals surface area contributed by atoms with E-state index < -0.39 is 0 Å². The fourth-order valence-corrected chi connectivity index (χ4v) is 5.18. The first-order chi connectivity index (χ1) is 14.7. The van der Waals surface area contributed by atoms with Gasteiger partial charge < -0.3 is 14.5 Å². The van der Waals surface area contributed by atoms with Gasteiger partial charge in [-0.05, 0) is 49.2 Å². The molecule has 0 saturated heterocycles. The Balaban J connectivity index is 1.32. The van der Waals surface area contributed by atoms with Gasteiger partial charge in [-0.2, -0.15) is 0 Å². The lowest BCUT2D eigenvalue weighted by Crippen LogP contribution is -2.14. The molecule has 0 atom stereocenters. The maximum Gasteiger partial charge on any atom is 0.277 e. The van der Waals surface area contributed by atoms with Crippen LogP contribution in [0.5, 0.6) is 5.75 Å². The third kappa shape index (κ3) is 5.37. The normalized spacial score (nSPS) is 14.0. The Hall–Kier alpha value is -2.45. The molecule has 0 spiro atoms. The van der Waals surface area contributed by atoms with Gasteiger partial charge in [0.1, 0.15) is 5.75 Å². The Bertz CT molecular complexity index is 985. The van der Waals surface area contributed by atoms with E-state index in [4.69, 9.17) is 9.15 Å². The Kier molecular flexibility index (Phi) is 6.96. The zero-order valence-corrected chi connectivity index (χ0v) is 18.3. The molecule has 8 heteroatoms. The molecule has 4 rings (SSSR count). The molecule has 0 bridgehead atoms. The molecule has 1 amide bonds. The number of para-hydroxylation sites is 1. The van der Waals surface area contributed by atoms with Crippen LogP contribution >= 0.6 is 23.5 Å². The number of rotatable bonds is 8. The van der Waals surface area contributed by atoms with Crippen LogP contribution in [0.25, 0.3) is 11.5 Å². The zero-order chi connectivity index (χ0) is 20.8. The van der Waals surface area contributed by atoms with E-state index in [2.05, 4.69) is 21.6 Å². The van der Waals surface area contributed by atoms with Crippen LogP contribution in [-0.2, 0) is 4.79 Å². The van der Waals surface area contributed by atoms with Crippen molar-refractivity contribution in [1.82, 2.24) is 10.2 Å². The molecule has 0 unspecified atom stereocenters. The third-order valence-corrected chi connectivity index (χ3v) is 7.06. The van der Waals surface area contributed by atoms with Crippen molar-refractivity contribution in [3.63, 3.8) is 0 Å². The SMILES string of the molecule is COc1ccc(-c2nnc(SCC(=O)Nc3ccccc3SC3CCCC3)o2)cc1. The minimum atomic E-state index is -0.0938. The summed E-state index contributed by atoms with van der Waals surface area (Å²) in [7, 11) is 1.62. The average Bonchev–Trinajstić information content (AvgIpc) is 3.46. The summed E-state index contributed by atoms with van der Waals surface area (Å²) in [5, 5.41) is 12.1. The quantitative estimate of drug-likeness (QED) is 0.462. The van der Waals surface area contributed by atoms with E-state index in [0.717, 1.165) is 21.9 Å². The Morgan fingerprint density at radius 3 is 2.67 bits per heavy atom. The van der Waals surface area contributed by atoms with Crippen LogP contribution in [-0.4, -0.2) is 34.2 Å². The summed E-state index contributed by atoms with van der Waals surface area (Å²) in [5.41, 5.74) is 1.67. The minimum absolute atomic E-state index is 0.0938. The van der Waals surface area contributed by atoms with E-state index in [1.54, 1.807) is 7.11 Å². The highest BCUT2D eigenvalue weighted by atomic mass is 32.2. The molecule has 6 nitrogen and oxygen atoms in total. The van der Waals surface area contributed by atoms with Gasteiger partial charge in [-0.15, -0.1) is 22.0 Å². The minimum Gasteiger partial charge on any atom is -0.497 e. The molecule has 1 saturated carbocycles. The van der Waals surface area contributed by atoms with E-state index >= 15 is 0 Å². The van der Waals surface area contributed by atoms with Crippen molar-refractivity contribution in [2.75, 3.05) is 18.2 Å². The van der Waals surface area contributed by atoms with E-state index in [9.17, 15) is 4.79 Å². The van der Waals surface area contributed by atoms with Gasteiger partial charge in [0, 0.05) is 15.7 Å². The second-order valence-electron chi connectivity index (χ2n) is 6.96. The number of hydrogen-bond acceptors (Lipinski definition) is 7. The third-order valence-electron chi connectivity index (χ3n) is 4.83. The fourth-order valence-electron chi connectivity index (χ4n) is 3.29. The van der Waals surface area contributed by atoms with E-state index in [-0.39, 0.29) is 11.7 Å². The Labute approximate surface area is 184 Å². The van der Waals surface area contributed by atoms with Crippen molar-refractivity contribution in [3.05, 3.63) is 48.5 Å². The van der Waals surface area contributed by atoms with Crippen LogP contribution in [0, 0.1) is 0 Å².